The summed E-state index contributed by atoms with van der Waals surface area (Å²) in [6, 6.07) is 12.7. The van der Waals surface area contributed by atoms with E-state index in [1.54, 1.807) is 33.5 Å². The van der Waals surface area contributed by atoms with Gasteiger partial charge in [0.25, 0.3) is 0 Å². The Morgan fingerprint density at radius 3 is 2.50 bits per heavy atom. The van der Waals surface area contributed by atoms with E-state index in [1.807, 2.05) is 30.3 Å². The van der Waals surface area contributed by atoms with Gasteiger partial charge in [-0.05, 0) is 29.8 Å². The fraction of sp³-hybridized carbons (Fsp3) is 0.250. The lowest BCUT2D eigenvalue weighted by Crippen LogP contribution is -2.24. The van der Waals surface area contributed by atoms with Gasteiger partial charge < -0.3 is 24.1 Å². The molecule has 0 fully saturated rings. The summed E-state index contributed by atoms with van der Waals surface area (Å²) < 4.78 is 21.0. The minimum absolute atomic E-state index is 0.133. The predicted octanol–water partition coefficient (Wildman–Crippen LogP) is 2.62. The maximum absolute atomic E-state index is 12.2. The van der Waals surface area contributed by atoms with Crippen molar-refractivity contribution in [3.05, 3.63) is 53.9 Å². The van der Waals surface area contributed by atoms with Crippen LogP contribution in [0.5, 0.6) is 17.2 Å². The molecular weight excluding hydrogens is 362 g/mol. The summed E-state index contributed by atoms with van der Waals surface area (Å²) in [5.74, 6) is 2.37. The van der Waals surface area contributed by atoms with Crippen molar-refractivity contribution in [3.63, 3.8) is 0 Å². The van der Waals surface area contributed by atoms with Crippen LogP contribution >= 0.6 is 0 Å². The molecule has 1 N–H and O–H groups in total. The lowest BCUT2D eigenvalue weighted by Gasteiger charge is -2.09. The molecule has 1 heterocycles. The van der Waals surface area contributed by atoms with Gasteiger partial charge in [-0.3, -0.25) is 4.79 Å². The number of para-hydroxylation sites is 1. The Bertz CT molecular complexity index is 955. The Hall–Kier alpha value is -3.55. The van der Waals surface area contributed by atoms with Gasteiger partial charge in [0.15, 0.2) is 11.5 Å². The number of amides is 1. The second kappa shape index (κ2) is 8.90. The molecule has 0 aliphatic heterocycles. The van der Waals surface area contributed by atoms with Gasteiger partial charge >= 0.3 is 0 Å². The first-order chi connectivity index (χ1) is 13.6. The van der Waals surface area contributed by atoms with Crippen LogP contribution in [-0.4, -0.2) is 37.4 Å². The zero-order valence-corrected chi connectivity index (χ0v) is 15.9. The summed E-state index contributed by atoms with van der Waals surface area (Å²) in [6.45, 7) is 0.133. The number of hydrogen-bond acceptors (Lipinski definition) is 7. The SMILES string of the molecule is COc1ccc(CC(=O)NCc2nc(-c3ccccc3OC)no2)cc1OC. The van der Waals surface area contributed by atoms with E-state index in [9.17, 15) is 4.79 Å². The average molecular weight is 383 g/mol. The van der Waals surface area contributed by atoms with Crippen LogP contribution in [0.25, 0.3) is 11.4 Å². The molecule has 0 spiro atoms. The second-order valence-corrected chi connectivity index (χ2v) is 5.85. The highest BCUT2D eigenvalue weighted by Crippen LogP contribution is 2.28. The van der Waals surface area contributed by atoms with Crippen LogP contribution in [0.4, 0.5) is 0 Å². The summed E-state index contributed by atoms with van der Waals surface area (Å²) in [6.07, 6.45) is 0.188. The number of carbonyl (C=O) groups excluding carboxylic acids is 1. The van der Waals surface area contributed by atoms with Crippen LogP contribution in [0.15, 0.2) is 47.0 Å². The normalized spacial score (nSPS) is 10.4. The zero-order valence-electron chi connectivity index (χ0n) is 15.9. The molecule has 0 unspecified atom stereocenters. The van der Waals surface area contributed by atoms with Crippen molar-refractivity contribution in [2.24, 2.45) is 0 Å². The predicted molar refractivity (Wildman–Crippen MR) is 101 cm³/mol. The van der Waals surface area contributed by atoms with Gasteiger partial charge in [0.2, 0.25) is 17.6 Å². The van der Waals surface area contributed by atoms with Gasteiger partial charge in [0.05, 0.1) is 39.9 Å². The molecule has 1 amide bonds. The minimum Gasteiger partial charge on any atom is -0.496 e. The van der Waals surface area contributed by atoms with Gasteiger partial charge in [0.1, 0.15) is 5.75 Å². The van der Waals surface area contributed by atoms with Crippen LogP contribution in [0.3, 0.4) is 0 Å². The number of aromatic nitrogens is 2. The lowest BCUT2D eigenvalue weighted by atomic mass is 10.1. The van der Waals surface area contributed by atoms with E-state index in [4.69, 9.17) is 18.7 Å². The van der Waals surface area contributed by atoms with E-state index >= 15 is 0 Å². The van der Waals surface area contributed by atoms with Crippen molar-refractivity contribution in [2.75, 3.05) is 21.3 Å². The molecule has 8 nitrogen and oxygen atoms in total. The van der Waals surface area contributed by atoms with E-state index in [2.05, 4.69) is 15.5 Å². The third-order valence-electron chi connectivity index (χ3n) is 4.07. The average Bonchev–Trinajstić information content (AvgIpc) is 3.21. The largest absolute Gasteiger partial charge is 0.496 e. The fourth-order valence-electron chi connectivity index (χ4n) is 2.68. The van der Waals surface area contributed by atoms with Gasteiger partial charge in [0, 0.05) is 0 Å². The molecule has 2 aromatic carbocycles. The Morgan fingerprint density at radius 2 is 1.75 bits per heavy atom. The highest BCUT2D eigenvalue weighted by molar-refractivity contribution is 5.78. The molecule has 3 rings (SSSR count). The molecule has 0 radical (unpaired) electrons. The first kappa shape index (κ1) is 19.2. The van der Waals surface area contributed by atoms with Gasteiger partial charge in [-0.1, -0.05) is 23.4 Å². The minimum atomic E-state index is -0.177. The fourth-order valence-corrected chi connectivity index (χ4v) is 2.68. The Kier molecular flexibility index (Phi) is 6.11. The summed E-state index contributed by atoms with van der Waals surface area (Å²) in [5, 5.41) is 6.72. The van der Waals surface area contributed by atoms with E-state index < -0.39 is 0 Å². The summed E-state index contributed by atoms with van der Waals surface area (Å²) in [7, 11) is 4.69. The van der Waals surface area contributed by atoms with E-state index in [-0.39, 0.29) is 18.9 Å². The summed E-state index contributed by atoms with van der Waals surface area (Å²) in [5.41, 5.74) is 1.52. The molecule has 146 valence electrons. The summed E-state index contributed by atoms with van der Waals surface area (Å²) >= 11 is 0. The Balaban J connectivity index is 1.60. The lowest BCUT2D eigenvalue weighted by molar-refractivity contribution is -0.120. The van der Waals surface area contributed by atoms with Crippen LogP contribution in [0.1, 0.15) is 11.5 Å². The number of ether oxygens (including phenoxy) is 3. The second-order valence-electron chi connectivity index (χ2n) is 5.85. The van der Waals surface area contributed by atoms with Crippen LogP contribution in [0, 0.1) is 0 Å². The third-order valence-corrected chi connectivity index (χ3v) is 4.07. The van der Waals surface area contributed by atoms with Crippen molar-refractivity contribution in [2.45, 2.75) is 13.0 Å². The molecule has 28 heavy (non-hydrogen) atoms. The molecule has 8 heteroatoms. The topological polar surface area (TPSA) is 95.7 Å². The number of rotatable bonds is 8. The Labute approximate surface area is 162 Å². The highest BCUT2D eigenvalue weighted by atomic mass is 16.5. The van der Waals surface area contributed by atoms with E-state index in [0.29, 0.717) is 29.0 Å². The first-order valence-electron chi connectivity index (χ1n) is 8.58. The van der Waals surface area contributed by atoms with Crippen molar-refractivity contribution < 1.29 is 23.5 Å². The molecular formula is C20H21N3O5. The molecule has 1 aromatic heterocycles. The zero-order chi connectivity index (χ0) is 19.9. The molecule has 0 saturated carbocycles. The molecule has 0 saturated heterocycles. The monoisotopic (exact) mass is 383 g/mol. The van der Waals surface area contributed by atoms with E-state index in [0.717, 1.165) is 11.1 Å². The number of benzene rings is 2. The van der Waals surface area contributed by atoms with Crippen LogP contribution < -0.4 is 19.5 Å². The van der Waals surface area contributed by atoms with Crippen molar-refractivity contribution in [3.8, 4) is 28.6 Å². The number of methoxy groups -OCH3 is 3. The van der Waals surface area contributed by atoms with Crippen LogP contribution in [0.2, 0.25) is 0 Å². The van der Waals surface area contributed by atoms with Crippen molar-refractivity contribution in [1.29, 1.82) is 0 Å². The number of carbonyl (C=O) groups is 1. The molecule has 0 atom stereocenters. The Morgan fingerprint density at radius 1 is 1.00 bits per heavy atom. The molecule has 3 aromatic rings. The molecule has 0 aliphatic carbocycles. The molecule has 0 bridgehead atoms. The van der Waals surface area contributed by atoms with Crippen molar-refractivity contribution >= 4 is 5.91 Å². The van der Waals surface area contributed by atoms with Crippen LogP contribution in [-0.2, 0) is 17.8 Å². The van der Waals surface area contributed by atoms with Gasteiger partial charge in [-0.2, -0.15) is 4.98 Å². The summed E-state index contributed by atoms with van der Waals surface area (Å²) in [4.78, 5) is 16.5. The quantitative estimate of drug-likeness (QED) is 0.639. The van der Waals surface area contributed by atoms with Gasteiger partial charge in [-0.25, -0.2) is 0 Å². The van der Waals surface area contributed by atoms with Gasteiger partial charge in [-0.15, -0.1) is 0 Å². The number of nitrogens with zero attached hydrogens (tertiary/aromatic N) is 2. The third kappa shape index (κ3) is 4.40. The maximum Gasteiger partial charge on any atom is 0.246 e. The smallest absolute Gasteiger partial charge is 0.246 e. The number of nitrogens with one attached hydrogen (secondary N) is 1. The molecule has 0 aliphatic rings. The number of hydrogen-bond donors (Lipinski definition) is 1. The van der Waals surface area contributed by atoms with E-state index in [1.165, 1.54) is 0 Å². The van der Waals surface area contributed by atoms with Crippen molar-refractivity contribution in [1.82, 2.24) is 15.5 Å². The standard InChI is InChI=1S/C20H21N3O5/c1-25-15-7-5-4-6-14(15)20-22-19(28-23-20)12-21-18(24)11-13-8-9-16(26-2)17(10-13)27-3/h4-10H,11-12H2,1-3H3,(H,21,24). The maximum atomic E-state index is 12.2. The highest BCUT2D eigenvalue weighted by Gasteiger charge is 2.14. The first-order valence-corrected chi connectivity index (χ1v) is 8.58.